The van der Waals surface area contributed by atoms with Gasteiger partial charge < -0.3 is 10.5 Å². The molecule has 0 aromatic heterocycles. The lowest BCUT2D eigenvalue weighted by atomic mass is 10.2. The molecule has 2 nitrogen and oxygen atoms in total. The molecule has 0 radical (unpaired) electrons. The lowest BCUT2D eigenvalue weighted by Gasteiger charge is -2.08. The largest absolute Gasteiger partial charge is 0.457 e. The SMILES string of the molecule is CSc1ccc(Oc2ccc(CN)cc2)cc1Br. The quantitative estimate of drug-likeness (QED) is 0.846. The highest BCUT2D eigenvalue weighted by Crippen LogP contribution is 2.31. The van der Waals surface area contributed by atoms with Gasteiger partial charge >= 0.3 is 0 Å². The van der Waals surface area contributed by atoms with Crippen molar-refractivity contribution in [2.75, 3.05) is 6.26 Å². The molecule has 0 aliphatic carbocycles. The summed E-state index contributed by atoms with van der Waals surface area (Å²) < 4.78 is 6.83. The number of benzene rings is 2. The van der Waals surface area contributed by atoms with Crippen LogP contribution in [0.2, 0.25) is 0 Å². The zero-order valence-electron chi connectivity index (χ0n) is 10.0. The standard InChI is InChI=1S/C14H14BrNOS/c1-18-14-7-6-12(8-13(14)15)17-11-4-2-10(9-16)3-5-11/h2-8H,9,16H2,1H3. The Morgan fingerprint density at radius 3 is 2.33 bits per heavy atom. The first-order valence-corrected chi connectivity index (χ1v) is 7.55. The molecule has 2 aromatic carbocycles. The molecule has 0 atom stereocenters. The highest BCUT2D eigenvalue weighted by molar-refractivity contribution is 9.10. The lowest BCUT2D eigenvalue weighted by Crippen LogP contribution is -1.95. The van der Waals surface area contributed by atoms with Gasteiger partial charge in [-0.1, -0.05) is 12.1 Å². The molecule has 0 unspecified atom stereocenters. The average Bonchev–Trinajstić information content (AvgIpc) is 2.40. The predicted octanol–water partition coefficient (Wildman–Crippen LogP) is 4.42. The molecule has 0 aliphatic heterocycles. The summed E-state index contributed by atoms with van der Waals surface area (Å²) in [6.45, 7) is 0.550. The topological polar surface area (TPSA) is 35.2 Å². The molecule has 0 spiro atoms. The minimum atomic E-state index is 0.550. The summed E-state index contributed by atoms with van der Waals surface area (Å²) in [7, 11) is 0. The van der Waals surface area contributed by atoms with Crippen molar-refractivity contribution >= 4 is 27.7 Å². The predicted molar refractivity (Wildman–Crippen MR) is 80.3 cm³/mol. The lowest BCUT2D eigenvalue weighted by molar-refractivity contribution is 0.481. The van der Waals surface area contributed by atoms with Crippen LogP contribution in [-0.2, 0) is 6.54 Å². The minimum Gasteiger partial charge on any atom is -0.457 e. The molecule has 0 saturated carbocycles. The molecule has 0 saturated heterocycles. The highest BCUT2D eigenvalue weighted by Gasteiger charge is 2.02. The summed E-state index contributed by atoms with van der Waals surface area (Å²) in [5.74, 6) is 1.64. The van der Waals surface area contributed by atoms with Crippen LogP contribution < -0.4 is 10.5 Å². The van der Waals surface area contributed by atoms with Crippen LogP contribution in [0.15, 0.2) is 51.8 Å². The Labute approximate surface area is 120 Å². The van der Waals surface area contributed by atoms with E-state index in [1.165, 1.54) is 4.90 Å². The number of rotatable bonds is 4. The zero-order chi connectivity index (χ0) is 13.0. The Morgan fingerprint density at radius 2 is 1.78 bits per heavy atom. The van der Waals surface area contributed by atoms with Crippen LogP contribution in [-0.4, -0.2) is 6.26 Å². The second-order valence-corrected chi connectivity index (χ2v) is 5.45. The second kappa shape index (κ2) is 6.27. The monoisotopic (exact) mass is 323 g/mol. The normalized spacial score (nSPS) is 10.4. The number of hydrogen-bond donors (Lipinski definition) is 1. The van der Waals surface area contributed by atoms with Gasteiger partial charge in [0.15, 0.2) is 0 Å². The van der Waals surface area contributed by atoms with Gasteiger partial charge in [0.25, 0.3) is 0 Å². The Hall–Kier alpha value is -0.970. The van der Waals surface area contributed by atoms with Crippen LogP contribution in [0.1, 0.15) is 5.56 Å². The molecule has 4 heteroatoms. The van der Waals surface area contributed by atoms with Crippen molar-refractivity contribution in [1.82, 2.24) is 0 Å². The minimum absolute atomic E-state index is 0.550. The number of nitrogens with two attached hydrogens (primary N) is 1. The first-order valence-electron chi connectivity index (χ1n) is 5.53. The Kier molecular flexibility index (Phi) is 4.69. The van der Waals surface area contributed by atoms with Crippen molar-refractivity contribution in [3.8, 4) is 11.5 Å². The van der Waals surface area contributed by atoms with Crippen LogP contribution in [0.25, 0.3) is 0 Å². The number of hydrogen-bond acceptors (Lipinski definition) is 3. The van der Waals surface area contributed by atoms with Gasteiger partial charge in [-0.05, 0) is 58.1 Å². The van der Waals surface area contributed by atoms with Crippen molar-refractivity contribution in [1.29, 1.82) is 0 Å². The first kappa shape index (κ1) is 13.5. The van der Waals surface area contributed by atoms with E-state index in [1.807, 2.05) is 48.7 Å². The number of halogens is 1. The van der Waals surface area contributed by atoms with Gasteiger partial charge in [-0.3, -0.25) is 0 Å². The summed E-state index contributed by atoms with van der Waals surface area (Å²) in [5, 5.41) is 0. The van der Waals surface area contributed by atoms with Crippen molar-refractivity contribution < 1.29 is 4.74 Å². The molecule has 0 heterocycles. The Balaban J connectivity index is 2.15. The molecule has 94 valence electrons. The van der Waals surface area contributed by atoms with E-state index in [4.69, 9.17) is 10.5 Å². The van der Waals surface area contributed by atoms with Crippen molar-refractivity contribution in [3.63, 3.8) is 0 Å². The number of ether oxygens (including phenoxy) is 1. The van der Waals surface area contributed by atoms with Crippen LogP contribution >= 0.6 is 27.7 Å². The number of thioether (sulfide) groups is 1. The molecular formula is C14H14BrNOS. The van der Waals surface area contributed by atoms with E-state index in [9.17, 15) is 0 Å². The maximum absolute atomic E-state index is 5.78. The van der Waals surface area contributed by atoms with Crippen LogP contribution in [0.5, 0.6) is 11.5 Å². The van der Waals surface area contributed by atoms with Gasteiger partial charge in [0.05, 0.1) is 0 Å². The molecule has 0 amide bonds. The van der Waals surface area contributed by atoms with E-state index in [0.29, 0.717) is 6.54 Å². The summed E-state index contributed by atoms with van der Waals surface area (Å²) in [6.07, 6.45) is 2.05. The molecule has 0 bridgehead atoms. The first-order chi connectivity index (χ1) is 8.72. The molecule has 2 N–H and O–H groups in total. The fraction of sp³-hybridized carbons (Fsp3) is 0.143. The fourth-order valence-corrected chi connectivity index (χ4v) is 2.84. The maximum Gasteiger partial charge on any atom is 0.128 e. The van der Waals surface area contributed by atoms with E-state index in [1.54, 1.807) is 11.8 Å². The summed E-state index contributed by atoms with van der Waals surface area (Å²) in [5.41, 5.74) is 6.65. The third-order valence-corrected chi connectivity index (χ3v) is 4.23. The maximum atomic E-state index is 5.78. The van der Waals surface area contributed by atoms with E-state index >= 15 is 0 Å². The zero-order valence-corrected chi connectivity index (χ0v) is 12.4. The van der Waals surface area contributed by atoms with E-state index in [2.05, 4.69) is 15.9 Å². The van der Waals surface area contributed by atoms with Gasteiger partial charge in [0.1, 0.15) is 11.5 Å². The smallest absolute Gasteiger partial charge is 0.128 e. The summed E-state index contributed by atoms with van der Waals surface area (Å²) >= 11 is 5.23. The molecule has 0 aliphatic rings. The highest BCUT2D eigenvalue weighted by atomic mass is 79.9. The molecule has 2 rings (SSSR count). The van der Waals surface area contributed by atoms with Crippen molar-refractivity contribution in [2.24, 2.45) is 5.73 Å². The average molecular weight is 324 g/mol. The van der Waals surface area contributed by atoms with Gasteiger partial charge in [-0.2, -0.15) is 0 Å². The van der Waals surface area contributed by atoms with Crippen molar-refractivity contribution in [2.45, 2.75) is 11.4 Å². The third kappa shape index (κ3) is 3.28. The van der Waals surface area contributed by atoms with Crippen LogP contribution in [0.4, 0.5) is 0 Å². The van der Waals surface area contributed by atoms with Gasteiger partial charge in [-0.25, -0.2) is 0 Å². The van der Waals surface area contributed by atoms with Gasteiger partial charge in [0, 0.05) is 15.9 Å². The molecule has 0 fully saturated rings. The fourth-order valence-electron chi connectivity index (χ4n) is 1.54. The van der Waals surface area contributed by atoms with Crippen molar-refractivity contribution in [3.05, 3.63) is 52.5 Å². The second-order valence-electron chi connectivity index (χ2n) is 3.75. The van der Waals surface area contributed by atoms with Crippen LogP contribution in [0.3, 0.4) is 0 Å². The van der Waals surface area contributed by atoms with Gasteiger partial charge in [-0.15, -0.1) is 11.8 Å². The van der Waals surface area contributed by atoms with E-state index in [-0.39, 0.29) is 0 Å². The Morgan fingerprint density at radius 1 is 1.11 bits per heavy atom. The third-order valence-electron chi connectivity index (χ3n) is 2.52. The molecule has 18 heavy (non-hydrogen) atoms. The van der Waals surface area contributed by atoms with E-state index in [0.717, 1.165) is 21.5 Å². The van der Waals surface area contributed by atoms with E-state index < -0.39 is 0 Å². The molecular weight excluding hydrogens is 310 g/mol. The summed E-state index contributed by atoms with van der Waals surface area (Å²) in [6, 6.07) is 13.8. The summed E-state index contributed by atoms with van der Waals surface area (Å²) in [4.78, 5) is 1.20. The van der Waals surface area contributed by atoms with Gasteiger partial charge in [0.2, 0.25) is 0 Å². The molecule has 2 aromatic rings. The Bertz CT molecular complexity index is 528. The van der Waals surface area contributed by atoms with Crippen LogP contribution in [0, 0.1) is 0 Å².